The van der Waals surface area contributed by atoms with Crippen LogP contribution in [0, 0.1) is 0 Å². The minimum absolute atomic E-state index is 0.250. The number of rotatable bonds is 7. The number of aromatic nitrogens is 1. The van der Waals surface area contributed by atoms with Gasteiger partial charge in [-0.3, -0.25) is 4.79 Å². The lowest BCUT2D eigenvalue weighted by Crippen LogP contribution is -2.29. The van der Waals surface area contributed by atoms with Crippen molar-refractivity contribution in [1.82, 2.24) is 10.3 Å². The predicted molar refractivity (Wildman–Crippen MR) is 86.3 cm³/mol. The van der Waals surface area contributed by atoms with Crippen LogP contribution in [0.25, 0.3) is 6.08 Å². The zero-order valence-electron chi connectivity index (χ0n) is 12.4. The van der Waals surface area contributed by atoms with Crippen LogP contribution in [-0.2, 0) is 14.3 Å². The Morgan fingerprint density at radius 2 is 2.32 bits per heavy atom. The number of hydrogen-bond donors (Lipinski definition) is 1. The number of carbonyl (C=O) groups is 2. The maximum atomic E-state index is 11.6. The number of ether oxygens (including phenoxy) is 1. The third-order valence-corrected chi connectivity index (χ3v) is 4.05. The zero-order valence-corrected chi connectivity index (χ0v) is 13.2. The number of thiazole rings is 1. The second-order valence-corrected chi connectivity index (χ2v) is 5.95. The molecule has 1 amide bonds. The normalized spacial score (nSPS) is 14.6. The van der Waals surface area contributed by atoms with Gasteiger partial charge in [0.05, 0.1) is 0 Å². The van der Waals surface area contributed by atoms with E-state index in [1.54, 1.807) is 12.3 Å². The fourth-order valence-electron chi connectivity index (χ4n) is 2.19. The molecule has 0 unspecified atom stereocenters. The highest BCUT2D eigenvalue weighted by Gasteiger charge is 2.07. The monoisotopic (exact) mass is 320 g/mol. The van der Waals surface area contributed by atoms with Gasteiger partial charge in [0.25, 0.3) is 5.91 Å². The Hall–Kier alpha value is -1.95. The van der Waals surface area contributed by atoms with Gasteiger partial charge < -0.3 is 10.1 Å². The molecule has 0 spiro atoms. The Balaban J connectivity index is 1.58. The van der Waals surface area contributed by atoms with Crippen molar-refractivity contribution >= 4 is 29.3 Å². The molecular weight excluding hydrogens is 300 g/mol. The fraction of sp³-hybridized carbons (Fsp3) is 0.438. The van der Waals surface area contributed by atoms with Crippen LogP contribution in [0.3, 0.4) is 0 Å². The SMILES string of the molecule is O=C(COC(=O)/C=C/c1nccs1)NCCC1=CCCCC1. The first-order valence-electron chi connectivity index (χ1n) is 7.43. The first-order chi connectivity index (χ1) is 10.7. The number of nitrogens with zero attached hydrogens (tertiary/aromatic N) is 1. The smallest absolute Gasteiger partial charge is 0.331 e. The van der Waals surface area contributed by atoms with Gasteiger partial charge in [-0.25, -0.2) is 9.78 Å². The molecule has 5 nitrogen and oxygen atoms in total. The average Bonchev–Trinajstić information content (AvgIpc) is 3.05. The molecule has 1 N–H and O–H groups in total. The van der Waals surface area contributed by atoms with Gasteiger partial charge in [-0.1, -0.05) is 11.6 Å². The van der Waals surface area contributed by atoms with Gasteiger partial charge in [0.1, 0.15) is 5.01 Å². The van der Waals surface area contributed by atoms with Crippen molar-refractivity contribution in [1.29, 1.82) is 0 Å². The zero-order chi connectivity index (χ0) is 15.6. The second kappa shape index (κ2) is 9.15. The third kappa shape index (κ3) is 6.22. The number of amides is 1. The lowest BCUT2D eigenvalue weighted by molar-refractivity contribution is -0.143. The third-order valence-electron chi connectivity index (χ3n) is 3.31. The van der Waals surface area contributed by atoms with Crippen LogP contribution in [0.1, 0.15) is 37.1 Å². The lowest BCUT2D eigenvalue weighted by Gasteiger charge is -2.12. The summed E-state index contributed by atoms with van der Waals surface area (Å²) in [6.07, 6.45) is 12.4. The van der Waals surface area contributed by atoms with Crippen LogP contribution in [0.2, 0.25) is 0 Å². The van der Waals surface area contributed by atoms with E-state index in [1.165, 1.54) is 35.8 Å². The number of allylic oxidation sites excluding steroid dienone is 1. The minimum atomic E-state index is -0.541. The van der Waals surface area contributed by atoms with Crippen LogP contribution in [-0.4, -0.2) is 30.0 Å². The largest absolute Gasteiger partial charge is 0.452 e. The van der Waals surface area contributed by atoms with Crippen molar-refractivity contribution in [3.8, 4) is 0 Å². The number of hydrogen-bond acceptors (Lipinski definition) is 5. The first-order valence-corrected chi connectivity index (χ1v) is 8.31. The molecule has 0 saturated carbocycles. The highest BCUT2D eigenvalue weighted by Crippen LogP contribution is 2.19. The second-order valence-electron chi connectivity index (χ2n) is 5.02. The van der Waals surface area contributed by atoms with E-state index in [0.29, 0.717) is 6.54 Å². The van der Waals surface area contributed by atoms with Crippen molar-refractivity contribution in [2.24, 2.45) is 0 Å². The Morgan fingerprint density at radius 1 is 1.41 bits per heavy atom. The molecule has 0 radical (unpaired) electrons. The van der Waals surface area contributed by atoms with Crippen molar-refractivity contribution in [3.63, 3.8) is 0 Å². The quantitative estimate of drug-likeness (QED) is 0.476. The van der Waals surface area contributed by atoms with Crippen molar-refractivity contribution in [3.05, 3.63) is 34.3 Å². The van der Waals surface area contributed by atoms with Crippen molar-refractivity contribution in [2.75, 3.05) is 13.2 Å². The molecule has 22 heavy (non-hydrogen) atoms. The number of carbonyl (C=O) groups excluding carboxylic acids is 2. The summed E-state index contributed by atoms with van der Waals surface area (Å²) in [6, 6.07) is 0. The molecule has 6 heteroatoms. The van der Waals surface area contributed by atoms with E-state index in [9.17, 15) is 9.59 Å². The van der Waals surface area contributed by atoms with Gasteiger partial charge in [0, 0.05) is 24.2 Å². The lowest BCUT2D eigenvalue weighted by atomic mass is 9.97. The van der Waals surface area contributed by atoms with E-state index in [0.717, 1.165) is 24.3 Å². The van der Waals surface area contributed by atoms with Gasteiger partial charge in [0.2, 0.25) is 0 Å². The van der Waals surface area contributed by atoms with E-state index >= 15 is 0 Å². The van der Waals surface area contributed by atoms with E-state index in [2.05, 4.69) is 16.4 Å². The molecule has 0 bridgehead atoms. The molecule has 118 valence electrons. The summed E-state index contributed by atoms with van der Waals surface area (Å²) in [4.78, 5) is 27.0. The summed E-state index contributed by atoms with van der Waals surface area (Å²) in [6.45, 7) is 0.345. The summed E-state index contributed by atoms with van der Waals surface area (Å²) in [5.74, 6) is -0.812. The van der Waals surface area contributed by atoms with Gasteiger partial charge in [-0.05, 0) is 38.2 Å². The molecule has 0 fully saturated rings. The maximum absolute atomic E-state index is 11.6. The predicted octanol–water partition coefficient (Wildman–Crippen LogP) is 2.71. The molecule has 1 aliphatic rings. The summed E-state index contributed by atoms with van der Waals surface area (Å²) in [5.41, 5.74) is 1.41. The molecule has 2 rings (SSSR count). The van der Waals surface area contributed by atoms with Crippen LogP contribution < -0.4 is 5.32 Å². The summed E-state index contributed by atoms with van der Waals surface area (Å²) >= 11 is 1.42. The summed E-state index contributed by atoms with van der Waals surface area (Å²) in [5, 5.41) is 5.31. The fourth-order valence-corrected chi connectivity index (χ4v) is 2.72. The van der Waals surface area contributed by atoms with Crippen LogP contribution in [0.15, 0.2) is 29.3 Å². The molecule has 0 aliphatic heterocycles. The van der Waals surface area contributed by atoms with Gasteiger partial charge in [-0.2, -0.15) is 0 Å². The number of esters is 1. The Bertz CT molecular complexity index is 550. The van der Waals surface area contributed by atoms with Gasteiger partial charge in [-0.15, -0.1) is 11.3 Å². The van der Waals surface area contributed by atoms with Gasteiger partial charge in [0.15, 0.2) is 6.61 Å². The maximum Gasteiger partial charge on any atom is 0.331 e. The standard InChI is InChI=1S/C16H20N2O3S/c19-14(17-9-8-13-4-2-1-3-5-13)12-21-16(20)7-6-15-18-10-11-22-15/h4,6-7,10-11H,1-3,5,8-9,12H2,(H,17,19)/b7-6+. The van der Waals surface area contributed by atoms with E-state index < -0.39 is 5.97 Å². The molecule has 0 saturated heterocycles. The molecule has 0 aromatic carbocycles. The van der Waals surface area contributed by atoms with Crippen LogP contribution in [0.5, 0.6) is 0 Å². The molecule has 1 aromatic rings. The topological polar surface area (TPSA) is 68.3 Å². The van der Waals surface area contributed by atoms with Crippen molar-refractivity contribution < 1.29 is 14.3 Å². The number of nitrogens with one attached hydrogen (secondary N) is 1. The van der Waals surface area contributed by atoms with E-state index in [1.807, 2.05) is 5.38 Å². The first kappa shape index (κ1) is 16.4. The van der Waals surface area contributed by atoms with Crippen molar-refractivity contribution in [2.45, 2.75) is 32.1 Å². The highest BCUT2D eigenvalue weighted by atomic mass is 32.1. The summed E-state index contributed by atoms with van der Waals surface area (Å²) < 4.78 is 4.87. The Morgan fingerprint density at radius 3 is 3.05 bits per heavy atom. The highest BCUT2D eigenvalue weighted by molar-refractivity contribution is 7.10. The van der Waals surface area contributed by atoms with Gasteiger partial charge >= 0.3 is 5.97 Å². The molecule has 0 atom stereocenters. The van der Waals surface area contributed by atoms with E-state index in [4.69, 9.17) is 4.74 Å². The Kier molecular flexibility index (Phi) is 6.83. The minimum Gasteiger partial charge on any atom is -0.452 e. The molecule has 1 aromatic heterocycles. The van der Waals surface area contributed by atoms with E-state index in [-0.39, 0.29) is 12.5 Å². The Labute approximate surface area is 134 Å². The van der Waals surface area contributed by atoms with Crippen LogP contribution in [0.4, 0.5) is 0 Å². The molecule has 1 aliphatic carbocycles. The van der Waals surface area contributed by atoms with Crippen LogP contribution >= 0.6 is 11.3 Å². The summed E-state index contributed by atoms with van der Waals surface area (Å²) in [7, 11) is 0. The molecular formula is C16H20N2O3S. The molecule has 1 heterocycles. The average molecular weight is 320 g/mol.